The summed E-state index contributed by atoms with van der Waals surface area (Å²) < 4.78 is 43.9. The van der Waals surface area contributed by atoms with Crippen LogP contribution >= 0.6 is 0 Å². The van der Waals surface area contributed by atoms with Crippen LogP contribution in [0.5, 0.6) is 11.5 Å². The van der Waals surface area contributed by atoms with E-state index in [0.717, 1.165) is 5.56 Å². The number of carbonyl (C=O) groups excluding carboxylic acids is 1. The van der Waals surface area contributed by atoms with Crippen LogP contribution in [-0.4, -0.2) is 51.0 Å². The highest BCUT2D eigenvalue weighted by molar-refractivity contribution is 7.89. The number of hydrogen-bond acceptors (Lipinski definition) is 6. The molecular formula is C26H28N2O6S. The molecule has 1 amide bonds. The fourth-order valence-electron chi connectivity index (χ4n) is 3.53. The van der Waals surface area contributed by atoms with Crippen LogP contribution in [0.1, 0.15) is 12.5 Å². The van der Waals surface area contributed by atoms with E-state index < -0.39 is 22.0 Å². The van der Waals surface area contributed by atoms with Crippen molar-refractivity contribution >= 4 is 21.6 Å². The molecule has 0 bridgehead atoms. The summed E-state index contributed by atoms with van der Waals surface area (Å²) in [6.45, 7) is 3.43. The number of benzene rings is 3. The fraction of sp³-hybridized carbons (Fsp3) is 0.269. The quantitative estimate of drug-likeness (QED) is 0.486. The maximum Gasteiger partial charge on any atom is 0.265 e. The van der Waals surface area contributed by atoms with Gasteiger partial charge in [0.1, 0.15) is 18.1 Å². The zero-order valence-electron chi connectivity index (χ0n) is 19.4. The van der Waals surface area contributed by atoms with Gasteiger partial charge in [-0.2, -0.15) is 4.31 Å². The summed E-state index contributed by atoms with van der Waals surface area (Å²) in [5, 5.41) is 2.73. The topological polar surface area (TPSA) is 94.2 Å². The summed E-state index contributed by atoms with van der Waals surface area (Å²) in [5.41, 5.74) is 1.45. The SMILES string of the molecule is CC(Oc1ccc(OCc2ccccc2)cc1)C(=O)Nc1cccc(S(=O)(=O)N2CCOCC2)c1. The first-order valence-electron chi connectivity index (χ1n) is 11.3. The molecule has 1 aliphatic heterocycles. The number of rotatable bonds is 9. The van der Waals surface area contributed by atoms with Gasteiger partial charge in [-0.15, -0.1) is 0 Å². The third-order valence-electron chi connectivity index (χ3n) is 5.46. The highest BCUT2D eigenvalue weighted by Gasteiger charge is 2.26. The Hall–Kier alpha value is -3.40. The van der Waals surface area contributed by atoms with Gasteiger partial charge in [0.15, 0.2) is 6.10 Å². The van der Waals surface area contributed by atoms with Crippen molar-refractivity contribution in [3.63, 3.8) is 0 Å². The molecular weight excluding hydrogens is 468 g/mol. The number of carbonyl (C=O) groups is 1. The van der Waals surface area contributed by atoms with Gasteiger partial charge in [-0.05, 0) is 55.0 Å². The Labute approximate surface area is 205 Å². The summed E-state index contributed by atoms with van der Waals surface area (Å²) >= 11 is 0. The van der Waals surface area contributed by atoms with Gasteiger partial charge in [-0.1, -0.05) is 36.4 Å². The van der Waals surface area contributed by atoms with Gasteiger partial charge in [-0.3, -0.25) is 4.79 Å². The molecule has 3 aromatic carbocycles. The highest BCUT2D eigenvalue weighted by Crippen LogP contribution is 2.22. The molecule has 3 aromatic rings. The normalized spacial score (nSPS) is 15.2. The van der Waals surface area contributed by atoms with Crippen LogP contribution < -0.4 is 14.8 Å². The van der Waals surface area contributed by atoms with E-state index in [9.17, 15) is 13.2 Å². The average Bonchev–Trinajstić information content (AvgIpc) is 2.89. The van der Waals surface area contributed by atoms with Crippen molar-refractivity contribution in [2.24, 2.45) is 0 Å². The summed E-state index contributed by atoms with van der Waals surface area (Å²) in [7, 11) is -3.66. The van der Waals surface area contributed by atoms with Crippen molar-refractivity contribution in [2.75, 3.05) is 31.6 Å². The molecule has 1 aliphatic rings. The van der Waals surface area contributed by atoms with Crippen molar-refractivity contribution in [3.05, 3.63) is 84.4 Å². The van der Waals surface area contributed by atoms with Crippen LogP contribution in [0.4, 0.5) is 5.69 Å². The molecule has 1 heterocycles. The van der Waals surface area contributed by atoms with Gasteiger partial charge in [0.05, 0.1) is 18.1 Å². The minimum absolute atomic E-state index is 0.122. The zero-order chi connectivity index (χ0) is 24.7. The lowest BCUT2D eigenvalue weighted by atomic mass is 10.2. The maximum absolute atomic E-state index is 12.9. The molecule has 9 heteroatoms. The predicted octanol–water partition coefficient (Wildman–Crippen LogP) is 3.69. The van der Waals surface area contributed by atoms with Gasteiger partial charge in [-0.25, -0.2) is 8.42 Å². The average molecular weight is 497 g/mol. The Morgan fingerprint density at radius 2 is 1.66 bits per heavy atom. The third kappa shape index (κ3) is 6.60. The third-order valence-corrected chi connectivity index (χ3v) is 7.36. The molecule has 8 nitrogen and oxygen atoms in total. The lowest BCUT2D eigenvalue weighted by Crippen LogP contribution is -2.40. The first-order valence-corrected chi connectivity index (χ1v) is 12.8. The Balaban J connectivity index is 1.32. The molecule has 1 atom stereocenters. The number of sulfonamides is 1. The Kier molecular flexibility index (Phi) is 8.02. The van der Waals surface area contributed by atoms with Crippen molar-refractivity contribution in [3.8, 4) is 11.5 Å². The van der Waals surface area contributed by atoms with E-state index in [1.165, 1.54) is 16.4 Å². The van der Waals surface area contributed by atoms with Gasteiger partial charge in [0.2, 0.25) is 10.0 Å². The molecule has 184 valence electrons. The molecule has 0 aliphatic carbocycles. The minimum Gasteiger partial charge on any atom is -0.489 e. The summed E-state index contributed by atoms with van der Waals surface area (Å²) in [6.07, 6.45) is -0.800. The standard InChI is InChI=1S/C26H28N2O6S/c1-20(34-24-12-10-23(11-13-24)33-19-21-6-3-2-4-7-21)26(29)27-22-8-5-9-25(18-22)35(30,31)28-14-16-32-17-15-28/h2-13,18,20H,14-17,19H2,1H3,(H,27,29). The number of morpholine rings is 1. The number of hydrogen-bond donors (Lipinski definition) is 1. The molecule has 1 fully saturated rings. The van der Waals surface area contributed by atoms with Crippen LogP contribution in [0.3, 0.4) is 0 Å². The predicted molar refractivity (Wildman–Crippen MR) is 132 cm³/mol. The van der Waals surface area contributed by atoms with E-state index >= 15 is 0 Å². The molecule has 0 aromatic heterocycles. The van der Waals surface area contributed by atoms with E-state index in [1.54, 1.807) is 43.3 Å². The second-order valence-corrected chi connectivity index (χ2v) is 9.98. The van der Waals surface area contributed by atoms with Gasteiger partial charge in [0.25, 0.3) is 5.91 Å². The van der Waals surface area contributed by atoms with Gasteiger partial charge >= 0.3 is 0 Å². The molecule has 1 saturated heterocycles. The van der Waals surface area contributed by atoms with Crippen LogP contribution in [0, 0.1) is 0 Å². The van der Waals surface area contributed by atoms with Gasteiger partial charge < -0.3 is 19.5 Å². The zero-order valence-corrected chi connectivity index (χ0v) is 20.2. The molecule has 35 heavy (non-hydrogen) atoms. The Morgan fingerprint density at radius 3 is 2.37 bits per heavy atom. The first kappa shape index (κ1) is 24.7. The molecule has 1 unspecified atom stereocenters. The first-order chi connectivity index (χ1) is 16.9. The van der Waals surface area contributed by atoms with Crippen molar-refractivity contribution in [1.82, 2.24) is 4.31 Å². The summed E-state index contributed by atoms with van der Waals surface area (Å²) in [5.74, 6) is 0.815. The van der Waals surface area contributed by atoms with E-state index in [-0.39, 0.29) is 4.90 Å². The van der Waals surface area contributed by atoms with Crippen LogP contribution in [0.25, 0.3) is 0 Å². The number of anilines is 1. The van der Waals surface area contributed by atoms with Crippen LogP contribution in [-0.2, 0) is 26.2 Å². The molecule has 0 radical (unpaired) electrons. The van der Waals surface area contributed by atoms with E-state index in [2.05, 4.69) is 5.32 Å². The summed E-state index contributed by atoms with van der Waals surface area (Å²) in [6, 6.07) is 23.1. The van der Waals surface area contributed by atoms with E-state index in [1.807, 2.05) is 30.3 Å². The second kappa shape index (κ2) is 11.4. The Bertz CT molecular complexity index is 1230. The molecule has 0 saturated carbocycles. The monoisotopic (exact) mass is 496 g/mol. The van der Waals surface area contributed by atoms with Crippen LogP contribution in [0.15, 0.2) is 83.8 Å². The number of ether oxygens (including phenoxy) is 3. The molecule has 0 spiro atoms. The number of amides is 1. The molecule has 1 N–H and O–H groups in total. The van der Waals surface area contributed by atoms with Crippen molar-refractivity contribution in [1.29, 1.82) is 0 Å². The van der Waals surface area contributed by atoms with Gasteiger partial charge in [0, 0.05) is 18.8 Å². The highest BCUT2D eigenvalue weighted by atomic mass is 32.2. The van der Waals surface area contributed by atoms with E-state index in [0.29, 0.717) is 50.1 Å². The smallest absolute Gasteiger partial charge is 0.265 e. The minimum atomic E-state index is -3.66. The Morgan fingerprint density at radius 1 is 0.971 bits per heavy atom. The van der Waals surface area contributed by atoms with Crippen LogP contribution in [0.2, 0.25) is 0 Å². The van der Waals surface area contributed by atoms with Crippen molar-refractivity contribution < 1.29 is 27.4 Å². The molecule has 4 rings (SSSR count). The lowest BCUT2D eigenvalue weighted by Gasteiger charge is -2.26. The number of nitrogens with zero attached hydrogens (tertiary/aromatic N) is 1. The van der Waals surface area contributed by atoms with Crippen molar-refractivity contribution in [2.45, 2.75) is 24.5 Å². The summed E-state index contributed by atoms with van der Waals surface area (Å²) in [4.78, 5) is 12.8. The lowest BCUT2D eigenvalue weighted by molar-refractivity contribution is -0.122. The second-order valence-electron chi connectivity index (χ2n) is 8.04. The fourth-order valence-corrected chi connectivity index (χ4v) is 4.98. The maximum atomic E-state index is 12.9. The largest absolute Gasteiger partial charge is 0.489 e. The van der Waals surface area contributed by atoms with E-state index in [4.69, 9.17) is 14.2 Å². The number of nitrogens with one attached hydrogen (secondary N) is 1.